The van der Waals surface area contributed by atoms with E-state index in [1.807, 2.05) is 6.92 Å². The molecule has 0 bridgehead atoms. The highest BCUT2D eigenvalue weighted by Gasteiger charge is 2.21. The molecule has 1 rings (SSSR count). The number of hydrogen-bond donors (Lipinski definition) is 1. The fourth-order valence-electron chi connectivity index (χ4n) is 0.671. The van der Waals surface area contributed by atoms with Crippen molar-refractivity contribution in [3.63, 3.8) is 0 Å². The van der Waals surface area contributed by atoms with Gasteiger partial charge in [0, 0.05) is 13.0 Å². The molecular weight excluding hydrogens is 130 g/mol. The Bertz CT molecular complexity index is 121. The minimum absolute atomic E-state index is 0.0730. The fraction of sp³-hybridized carbons (Fsp3) is 0.857. The molecule has 1 heterocycles. The van der Waals surface area contributed by atoms with Crippen LogP contribution in [0.4, 0.5) is 0 Å². The van der Waals surface area contributed by atoms with E-state index in [2.05, 4.69) is 5.32 Å². The molecule has 0 radical (unpaired) electrons. The molecule has 1 aliphatic rings. The SMILES string of the molecule is CCCC(=O)OC[C@@H]1CN1. The standard InChI is InChI=1S/C7H13NO2/c1-2-3-7(9)10-5-6-4-8-6/h6,8H,2-5H2,1H3/t6-/m0/s1. The second-order valence-electron chi connectivity index (χ2n) is 2.54. The molecule has 0 amide bonds. The maximum absolute atomic E-state index is 10.7. The van der Waals surface area contributed by atoms with Gasteiger partial charge >= 0.3 is 5.97 Å². The maximum atomic E-state index is 10.7. The van der Waals surface area contributed by atoms with E-state index >= 15 is 0 Å². The van der Waals surface area contributed by atoms with Crippen molar-refractivity contribution in [3.8, 4) is 0 Å². The Labute approximate surface area is 60.7 Å². The summed E-state index contributed by atoms with van der Waals surface area (Å²) in [6.45, 7) is 3.52. The van der Waals surface area contributed by atoms with Crippen molar-refractivity contribution in [3.05, 3.63) is 0 Å². The van der Waals surface area contributed by atoms with Gasteiger partial charge in [-0.2, -0.15) is 0 Å². The lowest BCUT2D eigenvalue weighted by Crippen LogP contribution is -2.10. The molecular formula is C7H13NO2. The van der Waals surface area contributed by atoms with E-state index in [1.165, 1.54) is 0 Å². The van der Waals surface area contributed by atoms with Crippen molar-refractivity contribution in [1.29, 1.82) is 0 Å². The normalized spacial score (nSPS) is 22.3. The van der Waals surface area contributed by atoms with Crippen molar-refractivity contribution in [2.75, 3.05) is 13.2 Å². The van der Waals surface area contributed by atoms with Gasteiger partial charge < -0.3 is 10.1 Å². The van der Waals surface area contributed by atoms with Gasteiger partial charge in [-0.15, -0.1) is 0 Å². The van der Waals surface area contributed by atoms with E-state index in [0.29, 0.717) is 19.1 Å². The molecule has 0 aliphatic carbocycles. The minimum atomic E-state index is -0.0730. The molecule has 0 spiro atoms. The lowest BCUT2D eigenvalue weighted by molar-refractivity contribution is -0.143. The lowest BCUT2D eigenvalue weighted by atomic mass is 10.3. The molecule has 1 saturated heterocycles. The monoisotopic (exact) mass is 143 g/mol. The smallest absolute Gasteiger partial charge is 0.305 e. The average Bonchev–Trinajstić information content (AvgIpc) is 2.67. The second kappa shape index (κ2) is 3.56. The van der Waals surface area contributed by atoms with Crippen LogP contribution in [0.2, 0.25) is 0 Å². The Morgan fingerprint density at radius 2 is 2.50 bits per heavy atom. The van der Waals surface area contributed by atoms with Gasteiger partial charge in [0.15, 0.2) is 0 Å². The zero-order valence-corrected chi connectivity index (χ0v) is 6.22. The van der Waals surface area contributed by atoms with Crippen LogP contribution in [0.25, 0.3) is 0 Å². The molecule has 3 nitrogen and oxygen atoms in total. The number of rotatable bonds is 4. The van der Waals surface area contributed by atoms with Gasteiger partial charge in [-0.25, -0.2) is 0 Å². The van der Waals surface area contributed by atoms with Crippen molar-refractivity contribution in [2.45, 2.75) is 25.8 Å². The van der Waals surface area contributed by atoms with Crippen LogP contribution in [0.3, 0.4) is 0 Å². The number of nitrogens with one attached hydrogen (secondary N) is 1. The molecule has 1 aliphatic heterocycles. The average molecular weight is 143 g/mol. The van der Waals surface area contributed by atoms with Crippen molar-refractivity contribution >= 4 is 5.97 Å². The van der Waals surface area contributed by atoms with E-state index in [0.717, 1.165) is 13.0 Å². The first-order valence-electron chi connectivity index (χ1n) is 3.72. The first kappa shape index (κ1) is 7.54. The molecule has 0 saturated carbocycles. The first-order chi connectivity index (χ1) is 4.83. The van der Waals surface area contributed by atoms with Crippen LogP contribution in [0.1, 0.15) is 19.8 Å². The van der Waals surface area contributed by atoms with Crippen LogP contribution >= 0.6 is 0 Å². The lowest BCUT2D eigenvalue weighted by Gasteiger charge is -1.99. The Balaban J connectivity index is 1.94. The molecule has 0 aromatic heterocycles. The Morgan fingerprint density at radius 1 is 1.80 bits per heavy atom. The van der Waals surface area contributed by atoms with Crippen LogP contribution in [0.5, 0.6) is 0 Å². The summed E-state index contributed by atoms with van der Waals surface area (Å²) in [5, 5.41) is 3.05. The minimum Gasteiger partial charge on any atom is -0.464 e. The molecule has 0 unspecified atom stereocenters. The molecule has 58 valence electrons. The summed E-state index contributed by atoms with van der Waals surface area (Å²) >= 11 is 0. The Kier molecular flexibility index (Phi) is 2.68. The van der Waals surface area contributed by atoms with Crippen LogP contribution in [-0.4, -0.2) is 25.2 Å². The first-order valence-corrected chi connectivity index (χ1v) is 3.72. The maximum Gasteiger partial charge on any atom is 0.305 e. The van der Waals surface area contributed by atoms with Crippen molar-refractivity contribution < 1.29 is 9.53 Å². The molecule has 10 heavy (non-hydrogen) atoms. The zero-order chi connectivity index (χ0) is 7.40. The predicted octanol–water partition coefficient (Wildman–Crippen LogP) is 0.301. The van der Waals surface area contributed by atoms with E-state index in [-0.39, 0.29) is 5.97 Å². The van der Waals surface area contributed by atoms with Crippen LogP contribution in [0, 0.1) is 0 Å². The highest BCUT2D eigenvalue weighted by atomic mass is 16.5. The highest BCUT2D eigenvalue weighted by Crippen LogP contribution is 1.99. The number of ether oxygens (including phenoxy) is 1. The third kappa shape index (κ3) is 2.82. The molecule has 0 aromatic carbocycles. The molecule has 1 fully saturated rings. The largest absolute Gasteiger partial charge is 0.464 e. The fourth-order valence-corrected chi connectivity index (χ4v) is 0.671. The molecule has 1 atom stereocenters. The number of carbonyl (C=O) groups excluding carboxylic acids is 1. The topological polar surface area (TPSA) is 48.2 Å². The number of carbonyl (C=O) groups is 1. The van der Waals surface area contributed by atoms with Crippen molar-refractivity contribution in [2.24, 2.45) is 0 Å². The number of hydrogen-bond acceptors (Lipinski definition) is 3. The summed E-state index contributed by atoms with van der Waals surface area (Å²) in [5.41, 5.74) is 0. The van der Waals surface area contributed by atoms with Gasteiger partial charge in [0.05, 0.1) is 6.04 Å². The zero-order valence-electron chi connectivity index (χ0n) is 6.22. The van der Waals surface area contributed by atoms with Gasteiger partial charge in [0.25, 0.3) is 0 Å². The van der Waals surface area contributed by atoms with Gasteiger partial charge in [0.1, 0.15) is 6.61 Å². The third-order valence-corrected chi connectivity index (χ3v) is 1.39. The molecule has 1 N–H and O–H groups in total. The summed E-state index contributed by atoms with van der Waals surface area (Å²) in [6.07, 6.45) is 1.42. The van der Waals surface area contributed by atoms with E-state index in [1.54, 1.807) is 0 Å². The summed E-state index contributed by atoms with van der Waals surface area (Å²) in [7, 11) is 0. The van der Waals surface area contributed by atoms with Crippen LogP contribution in [-0.2, 0) is 9.53 Å². The van der Waals surface area contributed by atoms with Gasteiger partial charge in [-0.05, 0) is 6.42 Å². The summed E-state index contributed by atoms with van der Waals surface area (Å²) in [4.78, 5) is 10.7. The third-order valence-electron chi connectivity index (χ3n) is 1.39. The van der Waals surface area contributed by atoms with E-state index < -0.39 is 0 Å². The van der Waals surface area contributed by atoms with Crippen LogP contribution in [0.15, 0.2) is 0 Å². The second-order valence-corrected chi connectivity index (χ2v) is 2.54. The number of esters is 1. The highest BCUT2D eigenvalue weighted by molar-refractivity contribution is 5.69. The van der Waals surface area contributed by atoms with Gasteiger partial charge in [-0.3, -0.25) is 4.79 Å². The Morgan fingerprint density at radius 3 is 3.00 bits per heavy atom. The van der Waals surface area contributed by atoms with E-state index in [9.17, 15) is 4.79 Å². The Hall–Kier alpha value is -0.570. The van der Waals surface area contributed by atoms with E-state index in [4.69, 9.17) is 4.74 Å². The molecule has 0 aromatic rings. The summed E-state index contributed by atoms with van der Waals surface area (Å²) < 4.78 is 4.90. The van der Waals surface area contributed by atoms with Crippen LogP contribution < -0.4 is 5.32 Å². The van der Waals surface area contributed by atoms with Crippen molar-refractivity contribution in [1.82, 2.24) is 5.32 Å². The molecule has 3 heteroatoms. The van der Waals surface area contributed by atoms with Gasteiger partial charge in [0.2, 0.25) is 0 Å². The predicted molar refractivity (Wildman–Crippen MR) is 37.7 cm³/mol. The van der Waals surface area contributed by atoms with Gasteiger partial charge in [-0.1, -0.05) is 6.92 Å². The summed E-state index contributed by atoms with van der Waals surface area (Å²) in [5.74, 6) is -0.0730. The summed E-state index contributed by atoms with van der Waals surface area (Å²) in [6, 6.07) is 0.445. The quantitative estimate of drug-likeness (QED) is 0.455.